The Morgan fingerprint density at radius 2 is 1.14 bits per heavy atom. The fourth-order valence-corrected chi connectivity index (χ4v) is 4.76. The molecule has 2 unspecified atom stereocenters. The van der Waals surface area contributed by atoms with Gasteiger partial charge in [0.2, 0.25) is 0 Å². The first-order valence-electron chi connectivity index (χ1n) is 7.46. The number of rotatable bonds is 2. The topological polar surface area (TPSA) is 133 Å². The molecular formula is C16H21NO6S5. The van der Waals surface area contributed by atoms with E-state index in [1.54, 1.807) is 0 Å². The molecule has 2 aromatic carbocycles. The summed E-state index contributed by atoms with van der Waals surface area (Å²) < 4.78 is 48.2. The largest absolute Gasteiger partial charge is 0.750 e. The highest BCUT2D eigenvalue weighted by atomic mass is 32.2. The molecule has 0 aliphatic carbocycles. The van der Waals surface area contributed by atoms with E-state index in [9.17, 15) is 0 Å². The molecule has 0 radical (unpaired) electrons. The Bertz CT molecular complexity index is 771. The Morgan fingerprint density at radius 3 is 1.43 bits per heavy atom. The van der Waals surface area contributed by atoms with E-state index in [1.165, 1.54) is 31.0 Å². The fourth-order valence-electron chi connectivity index (χ4n) is 2.15. The third-order valence-electron chi connectivity index (χ3n) is 3.34. The molecule has 1 heterocycles. The van der Waals surface area contributed by atoms with Crippen molar-refractivity contribution in [3.8, 4) is 0 Å². The Balaban J connectivity index is 0.000000420. The normalized spacial score (nSPS) is 13.8. The average molecular weight is 484 g/mol. The molecule has 0 bridgehead atoms. The highest BCUT2D eigenvalue weighted by Crippen LogP contribution is 2.45. The maximum atomic E-state index is 8.56. The van der Waals surface area contributed by atoms with Crippen molar-refractivity contribution in [2.75, 3.05) is 30.3 Å². The molecule has 1 aliphatic rings. The highest BCUT2D eigenvalue weighted by Gasteiger charge is 2.21. The summed E-state index contributed by atoms with van der Waals surface area (Å²) in [7, 11) is 0.627. The van der Waals surface area contributed by atoms with Crippen LogP contribution in [0.15, 0.2) is 56.0 Å². The van der Waals surface area contributed by atoms with Crippen LogP contribution in [0.4, 0.5) is 11.4 Å². The van der Waals surface area contributed by atoms with Crippen LogP contribution in [0.25, 0.3) is 0 Å². The summed E-state index contributed by atoms with van der Waals surface area (Å²) in [6.07, 6.45) is 9.09. The first-order valence-corrected chi connectivity index (χ1v) is 14.4. The van der Waals surface area contributed by atoms with Crippen LogP contribution in [-0.4, -0.2) is 51.7 Å². The SMILES string of the molecule is C[S+](C)c1ccc2c(c1)Sc1cc([S+](C)C)ccc1N2.O=S([O-])O.O=S([O-])O. The Labute approximate surface area is 180 Å². The van der Waals surface area contributed by atoms with Crippen LogP contribution in [0.3, 0.4) is 0 Å². The zero-order chi connectivity index (χ0) is 21.4. The van der Waals surface area contributed by atoms with Crippen molar-refractivity contribution >= 4 is 67.6 Å². The summed E-state index contributed by atoms with van der Waals surface area (Å²) in [4.78, 5) is 5.56. The maximum absolute atomic E-state index is 8.56. The Hall–Kier alpha value is -0.570. The van der Waals surface area contributed by atoms with Crippen molar-refractivity contribution in [1.29, 1.82) is 0 Å². The van der Waals surface area contributed by atoms with Crippen molar-refractivity contribution in [3.63, 3.8) is 0 Å². The van der Waals surface area contributed by atoms with Gasteiger partial charge in [-0.1, -0.05) is 11.8 Å². The van der Waals surface area contributed by atoms with E-state index in [0.29, 0.717) is 21.8 Å². The lowest BCUT2D eigenvalue weighted by molar-refractivity contribution is 0.434. The molecule has 0 saturated heterocycles. The van der Waals surface area contributed by atoms with Crippen LogP contribution in [0, 0.1) is 0 Å². The minimum Gasteiger partial charge on any atom is -0.750 e. The number of anilines is 2. The molecule has 2 aromatic rings. The molecule has 2 atom stereocenters. The van der Waals surface area contributed by atoms with Crippen molar-refractivity contribution in [1.82, 2.24) is 0 Å². The zero-order valence-corrected chi connectivity index (χ0v) is 19.6. The van der Waals surface area contributed by atoms with Crippen molar-refractivity contribution < 1.29 is 26.6 Å². The van der Waals surface area contributed by atoms with Gasteiger partial charge in [-0.05, 0) is 24.3 Å². The van der Waals surface area contributed by atoms with Crippen molar-refractivity contribution in [2.45, 2.75) is 19.6 Å². The van der Waals surface area contributed by atoms with E-state index < -0.39 is 22.7 Å². The van der Waals surface area contributed by atoms with Gasteiger partial charge in [-0.3, -0.25) is 0 Å². The van der Waals surface area contributed by atoms with Crippen LogP contribution >= 0.6 is 11.8 Å². The molecule has 1 aliphatic heterocycles. The van der Waals surface area contributed by atoms with Gasteiger partial charge < -0.3 is 23.5 Å². The number of benzene rings is 2. The molecule has 0 amide bonds. The lowest BCUT2D eigenvalue weighted by Gasteiger charge is -2.21. The van der Waals surface area contributed by atoms with Gasteiger partial charge in [0.15, 0.2) is 9.79 Å². The summed E-state index contributed by atoms with van der Waals surface area (Å²) in [5, 5.41) is 3.56. The standard InChI is InChI=1S/C16H19NS3.2H2O3S/c1-19(2)11-5-7-13-15(9-11)18-16-10-12(20(3)4)6-8-14(16)17-13;2*1-4(2)3/h5-10,17H,1-4H3;2*(H2,1,2,3)/q+2;;/p-2. The molecule has 0 spiro atoms. The lowest BCUT2D eigenvalue weighted by atomic mass is 10.2. The molecule has 3 rings (SSSR count). The fraction of sp³-hybridized carbons (Fsp3) is 0.250. The zero-order valence-electron chi connectivity index (χ0n) is 15.5. The molecular weight excluding hydrogens is 463 g/mol. The van der Waals surface area contributed by atoms with E-state index in [4.69, 9.17) is 26.6 Å². The van der Waals surface area contributed by atoms with Crippen molar-refractivity contribution in [3.05, 3.63) is 36.4 Å². The van der Waals surface area contributed by atoms with Gasteiger partial charge in [-0.2, -0.15) is 0 Å². The van der Waals surface area contributed by atoms with E-state index in [0.717, 1.165) is 0 Å². The van der Waals surface area contributed by atoms with Crippen LogP contribution in [-0.2, 0) is 44.5 Å². The predicted molar refractivity (Wildman–Crippen MR) is 118 cm³/mol. The minimum atomic E-state index is -2.86. The highest BCUT2D eigenvalue weighted by molar-refractivity contribution is 8.00. The third-order valence-corrected chi connectivity index (χ3v) is 6.85. The van der Waals surface area contributed by atoms with Gasteiger partial charge in [0.05, 0.1) is 34.1 Å². The van der Waals surface area contributed by atoms with E-state index in [1.807, 2.05) is 11.8 Å². The maximum Gasteiger partial charge on any atom is 0.155 e. The smallest absolute Gasteiger partial charge is 0.155 e. The number of nitrogens with one attached hydrogen (secondary N) is 1. The molecule has 0 saturated carbocycles. The Kier molecular flexibility index (Phi) is 11.1. The number of fused-ring (bicyclic) bond motifs is 2. The van der Waals surface area contributed by atoms with E-state index in [2.05, 4.69) is 66.7 Å². The quantitative estimate of drug-likeness (QED) is 0.374. The van der Waals surface area contributed by atoms with Crippen LogP contribution in [0.5, 0.6) is 0 Å². The Morgan fingerprint density at radius 1 is 0.821 bits per heavy atom. The van der Waals surface area contributed by atoms with Gasteiger partial charge in [0, 0.05) is 43.7 Å². The van der Waals surface area contributed by atoms with Gasteiger partial charge in [-0.25, -0.2) is 8.42 Å². The lowest BCUT2D eigenvalue weighted by Crippen LogP contribution is -2.04. The average Bonchev–Trinajstić information content (AvgIpc) is 2.57. The summed E-state index contributed by atoms with van der Waals surface area (Å²) in [6, 6.07) is 13.6. The van der Waals surface area contributed by atoms with Crippen LogP contribution < -0.4 is 5.32 Å². The molecule has 3 N–H and O–H groups in total. The molecule has 7 nitrogen and oxygen atoms in total. The monoisotopic (exact) mass is 483 g/mol. The summed E-state index contributed by atoms with van der Waals surface area (Å²) in [6.45, 7) is 0. The van der Waals surface area contributed by atoms with Gasteiger partial charge in [0.1, 0.15) is 25.0 Å². The van der Waals surface area contributed by atoms with Crippen LogP contribution in [0.2, 0.25) is 0 Å². The van der Waals surface area contributed by atoms with E-state index >= 15 is 0 Å². The second kappa shape index (κ2) is 12.2. The number of hydrogen-bond donors (Lipinski definition) is 3. The van der Waals surface area contributed by atoms with Gasteiger partial charge >= 0.3 is 0 Å². The molecule has 156 valence electrons. The first kappa shape index (κ1) is 25.5. The van der Waals surface area contributed by atoms with E-state index in [-0.39, 0.29) is 0 Å². The first-order chi connectivity index (χ1) is 13.0. The van der Waals surface area contributed by atoms with Gasteiger partial charge in [-0.15, -0.1) is 0 Å². The van der Waals surface area contributed by atoms with Gasteiger partial charge in [0.25, 0.3) is 0 Å². The number of hydrogen-bond acceptors (Lipinski definition) is 6. The third kappa shape index (κ3) is 8.84. The second-order valence-corrected chi connectivity index (χ2v) is 11.8. The second-order valence-electron chi connectivity index (χ2n) is 5.61. The van der Waals surface area contributed by atoms with Crippen LogP contribution in [0.1, 0.15) is 0 Å². The molecule has 28 heavy (non-hydrogen) atoms. The summed E-state index contributed by atoms with van der Waals surface area (Å²) in [5.41, 5.74) is 2.47. The minimum absolute atomic E-state index is 0.314. The predicted octanol–water partition coefficient (Wildman–Crippen LogP) is 3.05. The molecule has 0 aromatic heterocycles. The molecule has 12 heteroatoms. The molecule has 0 fully saturated rings. The summed E-state index contributed by atoms with van der Waals surface area (Å²) >= 11 is -3.83. The van der Waals surface area contributed by atoms with Crippen molar-refractivity contribution in [2.24, 2.45) is 0 Å². The summed E-state index contributed by atoms with van der Waals surface area (Å²) in [5.74, 6) is 0.